The van der Waals surface area contributed by atoms with Gasteiger partial charge in [0.1, 0.15) is 5.82 Å². The third kappa shape index (κ3) is 2.53. The molecule has 0 radical (unpaired) electrons. The predicted molar refractivity (Wildman–Crippen MR) is 60.7 cm³/mol. The molecule has 1 aromatic heterocycles. The van der Waals surface area contributed by atoms with Crippen molar-refractivity contribution < 1.29 is 0 Å². The summed E-state index contributed by atoms with van der Waals surface area (Å²) in [7, 11) is 0. The van der Waals surface area contributed by atoms with Gasteiger partial charge < -0.3 is 5.32 Å². The number of hydrogen-bond acceptors (Lipinski definition) is 3. The fourth-order valence-corrected chi connectivity index (χ4v) is 1.89. The molecule has 1 N–H and O–H groups in total. The minimum atomic E-state index is 0.701. The maximum Gasteiger partial charge on any atom is 0.142 e. The number of nitrogens with one attached hydrogen (secondary N) is 1. The molecule has 15 heavy (non-hydrogen) atoms. The van der Waals surface area contributed by atoms with Crippen LogP contribution < -0.4 is 5.32 Å². The molecule has 0 bridgehead atoms. The van der Waals surface area contributed by atoms with E-state index in [-0.39, 0.29) is 0 Å². The number of rotatable bonds is 4. The molecule has 1 aliphatic carbocycles. The van der Waals surface area contributed by atoms with Gasteiger partial charge in [-0.25, -0.2) is 9.97 Å². The zero-order valence-corrected chi connectivity index (χ0v) is 9.58. The summed E-state index contributed by atoms with van der Waals surface area (Å²) in [5.41, 5.74) is 2.35. The summed E-state index contributed by atoms with van der Waals surface area (Å²) in [5, 5.41) is 3.27. The lowest BCUT2D eigenvalue weighted by Gasteiger charge is -2.25. The Morgan fingerprint density at radius 2 is 2.20 bits per heavy atom. The first kappa shape index (κ1) is 10.6. The van der Waals surface area contributed by atoms with E-state index in [1.807, 2.05) is 0 Å². The molecule has 1 aromatic rings. The zero-order valence-electron chi connectivity index (χ0n) is 9.58. The number of aryl methyl sites for hydroxylation is 1. The van der Waals surface area contributed by atoms with Gasteiger partial charge in [0.05, 0.1) is 6.54 Å². The van der Waals surface area contributed by atoms with Gasteiger partial charge in [-0.2, -0.15) is 0 Å². The summed E-state index contributed by atoms with van der Waals surface area (Å²) >= 11 is 0. The Morgan fingerprint density at radius 1 is 1.40 bits per heavy atom. The highest BCUT2D eigenvalue weighted by Gasteiger charge is 2.21. The topological polar surface area (TPSA) is 37.8 Å². The van der Waals surface area contributed by atoms with Gasteiger partial charge in [0.15, 0.2) is 0 Å². The highest BCUT2D eigenvalue weighted by Crippen LogP contribution is 2.35. The molecule has 0 aliphatic heterocycles. The van der Waals surface area contributed by atoms with Crippen molar-refractivity contribution in [3.8, 4) is 0 Å². The van der Waals surface area contributed by atoms with Crippen LogP contribution in [0.15, 0.2) is 6.07 Å². The highest BCUT2D eigenvalue weighted by molar-refractivity contribution is 5.16. The minimum Gasteiger partial charge on any atom is -0.310 e. The Morgan fingerprint density at radius 3 is 2.80 bits per heavy atom. The smallest absolute Gasteiger partial charge is 0.142 e. The van der Waals surface area contributed by atoms with Crippen LogP contribution in [0.4, 0.5) is 0 Å². The highest BCUT2D eigenvalue weighted by atomic mass is 15.0. The van der Waals surface area contributed by atoms with Crippen molar-refractivity contribution >= 4 is 0 Å². The molecular formula is C12H19N3. The largest absolute Gasteiger partial charge is 0.310 e. The van der Waals surface area contributed by atoms with Crippen molar-refractivity contribution in [2.24, 2.45) is 0 Å². The average Bonchev–Trinajstić information content (AvgIpc) is 2.11. The maximum atomic E-state index is 4.62. The van der Waals surface area contributed by atoms with Crippen LogP contribution >= 0.6 is 0 Å². The first-order chi connectivity index (χ1) is 7.29. The molecule has 1 saturated carbocycles. The van der Waals surface area contributed by atoms with E-state index in [2.05, 4.69) is 35.2 Å². The molecule has 1 aliphatic rings. The molecule has 1 heterocycles. The number of nitrogens with zero attached hydrogens (tertiary/aromatic N) is 2. The molecule has 0 aromatic carbocycles. The quantitative estimate of drug-likeness (QED) is 0.818. The van der Waals surface area contributed by atoms with Gasteiger partial charge in [0.2, 0.25) is 0 Å². The normalized spacial score (nSPS) is 16.4. The van der Waals surface area contributed by atoms with Crippen LogP contribution in [0.1, 0.15) is 49.3 Å². The third-order valence-corrected chi connectivity index (χ3v) is 2.98. The number of aromatic nitrogens is 2. The van der Waals surface area contributed by atoms with Gasteiger partial charge in [0, 0.05) is 17.3 Å². The van der Waals surface area contributed by atoms with E-state index in [9.17, 15) is 0 Å². The fraction of sp³-hybridized carbons (Fsp3) is 0.667. The second kappa shape index (κ2) is 4.71. The van der Waals surface area contributed by atoms with Crippen LogP contribution in [-0.4, -0.2) is 16.5 Å². The lowest BCUT2D eigenvalue weighted by Crippen LogP contribution is -2.18. The van der Waals surface area contributed by atoms with E-state index >= 15 is 0 Å². The monoisotopic (exact) mass is 205 g/mol. The number of hydrogen-bond donors (Lipinski definition) is 1. The Kier molecular flexibility index (Phi) is 3.31. The molecule has 82 valence electrons. The SMILES string of the molecule is CCNCc1nc(C)cc(C2CCC2)n1. The van der Waals surface area contributed by atoms with Crippen LogP contribution in [-0.2, 0) is 6.54 Å². The molecule has 0 spiro atoms. The Hall–Kier alpha value is -0.960. The van der Waals surface area contributed by atoms with Crippen molar-refractivity contribution in [3.05, 3.63) is 23.3 Å². The van der Waals surface area contributed by atoms with Crippen LogP contribution in [0, 0.1) is 6.92 Å². The van der Waals surface area contributed by atoms with Gasteiger partial charge in [-0.3, -0.25) is 0 Å². The molecule has 0 saturated heterocycles. The molecule has 0 amide bonds. The average molecular weight is 205 g/mol. The van der Waals surface area contributed by atoms with Gasteiger partial charge >= 0.3 is 0 Å². The van der Waals surface area contributed by atoms with Crippen molar-refractivity contribution in [1.29, 1.82) is 0 Å². The predicted octanol–water partition coefficient (Wildman–Crippen LogP) is 2.16. The molecular weight excluding hydrogens is 186 g/mol. The van der Waals surface area contributed by atoms with Crippen molar-refractivity contribution in [2.75, 3.05) is 6.54 Å². The fourth-order valence-electron chi connectivity index (χ4n) is 1.89. The summed E-state index contributed by atoms with van der Waals surface area (Å²) in [6, 6.07) is 2.14. The van der Waals surface area contributed by atoms with E-state index < -0.39 is 0 Å². The zero-order chi connectivity index (χ0) is 10.7. The van der Waals surface area contributed by atoms with E-state index in [1.54, 1.807) is 0 Å². The van der Waals surface area contributed by atoms with Crippen molar-refractivity contribution in [2.45, 2.75) is 45.6 Å². The molecule has 3 nitrogen and oxygen atoms in total. The van der Waals surface area contributed by atoms with Gasteiger partial charge in [-0.15, -0.1) is 0 Å². The van der Waals surface area contributed by atoms with E-state index in [4.69, 9.17) is 0 Å². The summed E-state index contributed by atoms with van der Waals surface area (Å²) in [6.45, 7) is 5.91. The van der Waals surface area contributed by atoms with Crippen LogP contribution in [0.2, 0.25) is 0 Å². The summed E-state index contributed by atoms with van der Waals surface area (Å²) < 4.78 is 0. The molecule has 1 fully saturated rings. The van der Waals surface area contributed by atoms with Gasteiger partial charge in [0.25, 0.3) is 0 Å². The Balaban J connectivity index is 2.12. The standard InChI is InChI=1S/C12H19N3/c1-3-13-8-12-14-9(2)7-11(15-12)10-5-4-6-10/h7,10,13H,3-6,8H2,1-2H3. The van der Waals surface area contributed by atoms with E-state index in [1.165, 1.54) is 25.0 Å². The summed E-state index contributed by atoms with van der Waals surface area (Å²) in [4.78, 5) is 9.06. The Labute approximate surface area is 91.3 Å². The van der Waals surface area contributed by atoms with Crippen molar-refractivity contribution in [1.82, 2.24) is 15.3 Å². The first-order valence-electron chi connectivity index (χ1n) is 5.84. The summed E-state index contributed by atoms with van der Waals surface area (Å²) in [5.74, 6) is 1.64. The summed E-state index contributed by atoms with van der Waals surface area (Å²) in [6.07, 6.45) is 3.96. The lowest BCUT2D eigenvalue weighted by atomic mass is 9.82. The van der Waals surface area contributed by atoms with Crippen molar-refractivity contribution in [3.63, 3.8) is 0 Å². The minimum absolute atomic E-state index is 0.701. The molecule has 0 unspecified atom stereocenters. The molecule has 3 heteroatoms. The second-order valence-corrected chi connectivity index (χ2v) is 4.26. The second-order valence-electron chi connectivity index (χ2n) is 4.26. The third-order valence-electron chi connectivity index (χ3n) is 2.98. The van der Waals surface area contributed by atoms with E-state index in [0.29, 0.717) is 5.92 Å². The van der Waals surface area contributed by atoms with Crippen LogP contribution in [0.25, 0.3) is 0 Å². The van der Waals surface area contributed by atoms with Gasteiger partial charge in [-0.05, 0) is 32.4 Å². The van der Waals surface area contributed by atoms with Crippen LogP contribution in [0.5, 0.6) is 0 Å². The Bertz CT molecular complexity index is 332. The first-order valence-corrected chi connectivity index (χ1v) is 5.84. The lowest BCUT2D eigenvalue weighted by molar-refractivity contribution is 0.408. The maximum absolute atomic E-state index is 4.62. The van der Waals surface area contributed by atoms with Gasteiger partial charge in [-0.1, -0.05) is 13.3 Å². The van der Waals surface area contributed by atoms with E-state index in [0.717, 1.165) is 24.6 Å². The van der Waals surface area contributed by atoms with Crippen LogP contribution in [0.3, 0.4) is 0 Å². The molecule has 0 atom stereocenters. The molecule has 2 rings (SSSR count).